The van der Waals surface area contributed by atoms with E-state index in [9.17, 15) is 10.2 Å². The maximum Gasteiger partial charge on any atom is 0.130 e. The predicted molar refractivity (Wildman–Crippen MR) is 289 cm³/mol. The quantitative estimate of drug-likeness (QED) is 0.169. The highest BCUT2D eigenvalue weighted by atomic mass is 16.3. The first kappa shape index (κ1) is 51.6. The van der Waals surface area contributed by atoms with E-state index in [1.54, 1.807) is 23.8 Å². The van der Waals surface area contributed by atoms with Crippen LogP contribution in [0.4, 0.5) is 0 Å². The number of hydrogen-bond donors (Lipinski definition) is 2. The van der Waals surface area contributed by atoms with Crippen LogP contribution in [0.15, 0.2) is 153 Å². The summed E-state index contributed by atoms with van der Waals surface area (Å²) < 4.78 is 0. The van der Waals surface area contributed by atoms with Gasteiger partial charge in [0.05, 0.1) is 0 Å². The Bertz CT molecular complexity index is 2760. The Kier molecular flexibility index (Phi) is 19.0. The van der Waals surface area contributed by atoms with E-state index in [0.29, 0.717) is 17.5 Å². The van der Waals surface area contributed by atoms with Crippen LogP contribution in [0.5, 0.6) is 11.5 Å². The first-order valence-corrected chi connectivity index (χ1v) is 23.0. The smallest absolute Gasteiger partial charge is 0.130 e. The monoisotopic (exact) mass is 871 g/mol. The number of fused-ring (bicyclic) bond motifs is 5. The van der Waals surface area contributed by atoms with Crippen molar-refractivity contribution in [1.29, 1.82) is 0 Å². The third kappa shape index (κ3) is 12.2. The first-order valence-electron chi connectivity index (χ1n) is 23.0. The van der Waals surface area contributed by atoms with E-state index in [2.05, 4.69) is 178 Å². The van der Waals surface area contributed by atoms with E-state index in [0.717, 1.165) is 5.56 Å². The molecular weight excluding hydrogens is 801 g/mol. The summed E-state index contributed by atoms with van der Waals surface area (Å²) in [5, 5.41) is 19.8. The normalized spacial score (nSPS) is 11.8. The summed E-state index contributed by atoms with van der Waals surface area (Å²) in [4.78, 5) is 0. The molecule has 0 heterocycles. The van der Waals surface area contributed by atoms with Crippen LogP contribution in [-0.4, -0.2) is 10.2 Å². The van der Waals surface area contributed by atoms with Crippen molar-refractivity contribution in [1.82, 2.24) is 0 Å². The summed E-state index contributed by atoms with van der Waals surface area (Å²) in [6, 6.07) is 45.6. The van der Waals surface area contributed by atoms with Gasteiger partial charge in [-0.05, 0) is 139 Å². The van der Waals surface area contributed by atoms with Gasteiger partial charge in [-0.25, -0.2) is 0 Å². The molecule has 2 heteroatoms. The third-order valence-electron chi connectivity index (χ3n) is 12.4. The van der Waals surface area contributed by atoms with E-state index >= 15 is 0 Å². The van der Waals surface area contributed by atoms with Gasteiger partial charge < -0.3 is 10.2 Å². The lowest BCUT2D eigenvalue weighted by Gasteiger charge is -2.24. The fourth-order valence-corrected chi connectivity index (χ4v) is 8.53. The number of terminal acetylenes is 1. The molecule has 0 fully saturated rings. The Hall–Kier alpha value is -7.08. The SMILES string of the molecule is C#C.C=Cc1ccc(O)c(Cc2ccccc2)c1O.C=Cc1ccccc1-c1cccc(C)c1C.CC.Cc1ccc(C)cc1.Cc1ccc2c(c1)C(C)(C)c1cc(C)c3c(c1-2)C=CCC3. The highest BCUT2D eigenvalue weighted by Gasteiger charge is 2.37. The van der Waals surface area contributed by atoms with Crippen molar-refractivity contribution in [2.45, 2.75) is 93.9 Å². The molecule has 0 aliphatic heterocycles. The molecule has 2 aliphatic carbocycles. The zero-order valence-corrected chi connectivity index (χ0v) is 41.1. The van der Waals surface area contributed by atoms with E-state index < -0.39 is 0 Å². The van der Waals surface area contributed by atoms with Crippen molar-refractivity contribution in [2.75, 3.05) is 0 Å². The van der Waals surface area contributed by atoms with Crippen LogP contribution in [0.25, 0.3) is 40.5 Å². The van der Waals surface area contributed by atoms with Gasteiger partial charge in [-0.3, -0.25) is 0 Å². The molecule has 66 heavy (non-hydrogen) atoms. The third-order valence-corrected chi connectivity index (χ3v) is 12.4. The maximum absolute atomic E-state index is 10.00. The van der Waals surface area contributed by atoms with Crippen LogP contribution in [0.3, 0.4) is 0 Å². The van der Waals surface area contributed by atoms with Gasteiger partial charge in [0.15, 0.2) is 0 Å². The number of phenols is 2. The number of allylic oxidation sites excluding steroid dienone is 1. The molecule has 7 aromatic carbocycles. The maximum atomic E-state index is 10.00. The molecule has 0 saturated carbocycles. The average molecular weight is 871 g/mol. The average Bonchev–Trinajstić information content (AvgIpc) is 3.56. The van der Waals surface area contributed by atoms with Crippen molar-refractivity contribution < 1.29 is 10.2 Å². The van der Waals surface area contributed by atoms with Gasteiger partial charge >= 0.3 is 0 Å². The van der Waals surface area contributed by atoms with Crippen LogP contribution in [0.2, 0.25) is 0 Å². The fourth-order valence-electron chi connectivity index (χ4n) is 8.53. The van der Waals surface area contributed by atoms with Crippen LogP contribution >= 0.6 is 0 Å². The number of aryl methyl sites for hydroxylation is 5. The van der Waals surface area contributed by atoms with Gasteiger partial charge in [-0.1, -0.05) is 203 Å². The second kappa shape index (κ2) is 24.3. The first-order chi connectivity index (χ1) is 31.7. The molecule has 2 nitrogen and oxygen atoms in total. The van der Waals surface area contributed by atoms with Crippen molar-refractivity contribution >= 4 is 18.2 Å². The number of aromatic hydroxyl groups is 2. The number of phenolic OH excluding ortho intramolecular Hbond substituents is 2. The Labute approximate surface area is 397 Å². The topological polar surface area (TPSA) is 40.5 Å². The molecule has 0 unspecified atom stereocenters. The van der Waals surface area contributed by atoms with Crippen molar-refractivity contribution in [3.8, 4) is 46.6 Å². The van der Waals surface area contributed by atoms with Gasteiger partial charge in [0.2, 0.25) is 0 Å². The standard InChI is InChI=1S/C21H22.C16H16.C15H14O2.C8H10.C2H6.C2H2/c1-13-9-10-17-18(11-13)21(3,4)19-12-14(2)15-7-5-6-8-16(15)20(17)19;1-4-14-9-5-6-10-16(14)15-11-7-8-12(2)13(15)3;1-2-12-8-9-14(16)13(15(12)17)10-11-6-4-3-5-7-11;1-7-3-5-8(2)6-4-7;2*1-2/h6,8-12H,5,7H2,1-4H3;4-11H,1H2,2-3H3;2-9,16-17H,1,10H2;3-6H,1-2H3;1-2H3;1-2H. The van der Waals surface area contributed by atoms with Crippen LogP contribution in [0.1, 0.15) is 112 Å². The molecule has 0 radical (unpaired) electrons. The molecule has 338 valence electrons. The zero-order chi connectivity index (χ0) is 48.6. The Morgan fingerprint density at radius 1 is 0.591 bits per heavy atom. The Morgan fingerprint density at radius 2 is 1.18 bits per heavy atom. The zero-order valence-electron chi connectivity index (χ0n) is 41.1. The van der Waals surface area contributed by atoms with Gasteiger partial charge in [0, 0.05) is 23.0 Å². The van der Waals surface area contributed by atoms with Gasteiger partial charge in [-0.15, -0.1) is 12.8 Å². The van der Waals surface area contributed by atoms with Crippen molar-refractivity contribution in [3.63, 3.8) is 0 Å². The van der Waals surface area contributed by atoms with Crippen LogP contribution < -0.4 is 0 Å². The Morgan fingerprint density at radius 3 is 1.82 bits per heavy atom. The molecule has 7 aromatic rings. The number of benzene rings is 7. The highest BCUT2D eigenvalue weighted by Crippen LogP contribution is 2.52. The summed E-state index contributed by atoms with van der Waals surface area (Å²) in [5.41, 5.74) is 23.2. The van der Waals surface area contributed by atoms with Gasteiger partial charge in [0.1, 0.15) is 11.5 Å². The molecule has 9 rings (SSSR count). The lowest BCUT2D eigenvalue weighted by Crippen LogP contribution is -2.16. The lowest BCUT2D eigenvalue weighted by atomic mass is 9.79. The molecule has 0 bridgehead atoms. The predicted octanol–water partition coefficient (Wildman–Crippen LogP) is 17.1. The molecule has 2 N–H and O–H groups in total. The van der Waals surface area contributed by atoms with Crippen LogP contribution in [-0.2, 0) is 18.3 Å². The molecular formula is C64H70O2. The van der Waals surface area contributed by atoms with Crippen molar-refractivity contribution in [2.24, 2.45) is 0 Å². The Balaban J connectivity index is 0.000000195. The molecule has 0 spiro atoms. The fraction of sp³-hybridized carbons (Fsp3) is 0.219. The van der Waals surface area contributed by atoms with E-state index in [1.165, 1.54) is 90.7 Å². The summed E-state index contributed by atoms with van der Waals surface area (Å²) in [7, 11) is 0. The van der Waals surface area contributed by atoms with E-state index in [4.69, 9.17) is 0 Å². The minimum Gasteiger partial charge on any atom is -0.508 e. The minimum atomic E-state index is 0.101. The number of rotatable bonds is 5. The largest absolute Gasteiger partial charge is 0.508 e. The summed E-state index contributed by atoms with van der Waals surface area (Å²) in [6.07, 6.45) is 19.0. The minimum absolute atomic E-state index is 0.101. The molecule has 0 amide bonds. The molecule has 0 aromatic heterocycles. The number of hydrogen-bond acceptors (Lipinski definition) is 2. The second-order valence-electron chi connectivity index (χ2n) is 17.2. The summed E-state index contributed by atoms with van der Waals surface area (Å²) in [5.74, 6) is 0.209. The molecule has 0 saturated heterocycles. The summed E-state index contributed by atoms with van der Waals surface area (Å²) >= 11 is 0. The highest BCUT2D eigenvalue weighted by molar-refractivity contribution is 5.89. The second-order valence-corrected chi connectivity index (χ2v) is 17.2. The lowest BCUT2D eigenvalue weighted by molar-refractivity contribution is 0.439. The van der Waals surface area contributed by atoms with Crippen molar-refractivity contribution in [3.05, 3.63) is 231 Å². The molecule has 2 aliphatic rings. The van der Waals surface area contributed by atoms with Gasteiger partial charge in [0.25, 0.3) is 0 Å². The van der Waals surface area contributed by atoms with E-state index in [-0.39, 0.29) is 16.9 Å². The molecule has 0 atom stereocenters. The van der Waals surface area contributed by atoms with Gasteiger partial charge in [-0.2, -0.15) is 0 Å². The van der Waals surface area contributed by atoms with Crippen LogP contribution in [0, 0.1) is 54.4 Å². The van der Waals surface area contributed by atoms with E-state index in [1.807, 2.05) is 56.3 Å². The summed E-state index contributed by atoms with van der Waals surface area (Å²) in [6.45, 7) is 29.2.